The molecule has 0 atom stereocenters. The maximum Gasteiger partial charge on any atom is 0.0643 e. The summed E-state index contributed by atoms with van der Waals surface area (Å²) < 4.78 is 0. The number of aliphatic carboxylic acids is 1. The van der Waals surface area contributed by atoms with Gasteiger partial charge in [-0.2, -0.15) is 0 Å². The van der Waals surface area contributed by atoms with Gasteiger partial charge >= 0.3 is 0 Å². The largest absolute Gasteiger partial charge is 0.545 e. The number of carboxylic acid groups (broad SMARTS) is 1. The summed E-state index contributed by atoms with van der Waals surface area (Å²) in [6, 6.07) is 16.3. The molecule has 0 fully saturated rings. The van der Waals surface area contributed by atoms with Crippen LogP contribution in [0.15, 0.2) is 54.6 Å². The molecule has 2 aromatic rings. The molecule has 3 nitrogen and oxygen atoms in total. The lowest BCUT2D eigenvalue weighted by molar-refractivity contribution is -0.297. The van der Waals surface area contributed by atoms with E-state index in [1.54, 1.807) is 0 Å². The minimum absolute atomic E-state index is 0.856. The van der Waals surface area contributed by atoms with Crippen LogP contribution in [0.4, 0.5) is 5.69 Å². The number of anilines is 1. The number of nitrogens with zero attached hydrogens (tertiary/aromatic N) is 1. The first-order valence-corrected chi connectivity index (χ1v) is 6.53. The third-order valence-corrected chi connectivity index (χ3v) is 3.51. The summed E-state index contributed by atoms with van der Waals surface area (Å²) in [7, 11) is 0. The zero-order valence-corrected chi connectivity index (χ0v) is 11.0. The Bertz CT molecular complexity index is 634. The lowest BCUT2D eigenvalue weighted by Gasteiger charge is -2.17. The van der Waals surface area contributed by atoms with E-state index in [1.807, 2.05) is 24.3 Å². The van der Waals surface area contributed by atoms with Crippen LogP contribution in [0.3, 0.4) is 0 Å². The highest BCUT2D eigenvalue weighted by Gasteiger charge is 2.17. The molecule has 1 heterocycles. The fourth-order valence-corrected chi connectivity index (χ4v) is 2.48. The number of benzene rings is 2. The molecule has 3 heteroatoms. The van der Waals surface area contributed by atoms with Crippen LogP contribution in [-0.4, -0.2) is 5.97 Å². The molecule has 0 saturated carbocycles. The minimum Gasteiger partial charge on any atom is -0.545 e. The topological polar surface area (TPSA) is 43.4 Å². The first-order valence-electron chi connectivity index (χ1n) is 6.53. The molecule has 0 aliphatic carbocycles. The van der Waals surface area contributed by atoms with E-state index < -0.39 is 5.97 Å². The third kappa shape index (κ3) is 2.57. The molecule has 0 bridgehead atoms. The van der Waals surface area contributed by atoms with Crippen molar-refractivity contribution in [1.82, 2.24) is 0 Å². The Balaban J connectivity index is 1.75. The molecule has 2 aromatic carbocycles. The zero-order chi connectivity index (χ0) is 13.9. The summed E-state index contributed by atoms with van der Waals surface area (Å²) in [5.74, 6) is -1.18. The maximum absolute atomic E-state index is 10.4. The Hall–Kier alpha value is -2.55. The molecule has 3 rings (SSSR count). The van der Waals surface area contributed by atoms with Crippen LogP contribution in [0.2, 0.25) is 0 Å². The predicted molar refractivity (Wildman–Crippen MR) is 76.8 cm³/mol. The number of hydrogen-bond acceptors (Lipinski definition) is 3. The van der Waals surface area contributed by atoms with Gasteiger partial charge < -0.3 is 14.8 Å². The molecular weight excluding hydrogens is 250 g/mol. The van der Waals surface area contributed by atoms with Crippen molar-refractivity contribution < 1.29 is 9.90 Å². The molecule has 1 aliphatic heterocycles. The fraction of sp³-hybridized carbons (Fsp3) is 0.118. The SMILES string of the molecule is O=C([O-])/C=C/c1ccc(N2Cc3ccccc3C2)cc1. The Morgan fingerprint density at radius 1 is 1.00 bits per heavy atom. The van der Waals surface area contributed by atoms with Crippen molar-refractivity contribution in [3.63, 3.8) is 0 Å². The fourth-order valence-electron chi connectivity index (χ4n) is 2.48. The average molecular weight is 264 g/mol. The Morgan fingerprint density at radius 2 is 1.60 bits per heavy atom. The van der Waals surface area contributed by atoms with E-state index in [-0.39, 0.29) is 0 Å². The summed E-state index contributed by atoms with van der Waals surface area (Å²) in [5.41, 5.74) is 4.74. The van der Waals surface area contributed by atoms with Gasteiger partial charge in [0, 0.05) is 18.8 Å². The van der Waals surface area contributed by atoms with Gasteiger partial charge in [0.1, 0.15) is 0 Å². The number of rotatable bonds is 3. The highest BCUT2D eigenvalue weighted by molar-refractivity contribution is 5.83. The maximum atomic E-state index is 10.4. The molecule has 0 radical (unpaired) electrons. The van der Waals surface area contributed by atoms with Crippen molar-refractivity contribution in [2.45, 2.75) is 13.1 Å². The standard InChI is InChI=1S/C17H15NO2/c19-17(20)10-7-13-5-8-16(9-6-13)18-11-14-3-1-2-4-15(14)12-18/h1-10H,11-12H2,(H,19,20)/p-1/b10-7+. The Morgan fingerprint density at radius 3 is 2.15 bits per heavy atom. The number of carboxylic acids is 1. The summed E-state index contributed by atoms with van der Waals surface area (Å²) >= 11 is 0. The van der Waals surface area contributed by atoms with Crippen LogP contribution in [0.1, 0.15) is 16.7 Å². The van der Waals surface area contributed by atoms with Gasteiger partial charge in [-0.05, 0) is 34.9 Å². The van der Waals surface area contributed by atoms with Crippen LogP contribution < -0.4 is 10.0 Å². The van der Waals surface area contributed by atoms with Crippen molar-refractivity contribution in [3.8, 4) is 0 Å². The van der Waals surface area contributed by atoms with Crippen LogP contribution >= 0.6 is 0 Å². The molecule has 0 amide bonds. The second-order valence-corrected chi connectivity index (χ2v) is 4.87. The van der Waals surface area contributed by atoms with Crippen LogP contribution in [0.25, 0.3) is 6.08 Å². The van der Waals surface area contributed by atoms with Gasteiger partial charge in [-0.1, -0.05) is 42.5 Å². The zero-order valence-electron chi connectivity index (χ0n) is 11.0. The van der Waals surface area contributed by atoms with Gasteiger partial charge in [0.05, 0.1) is 5.97 Å². The van der Waals surface area contributed by atoms with Crippen LogP contribution in [0, 0.1) is 0 Å². The van der Waals surface area contributed by atoms with E-state index in [4.69, 9.17) is 0 Å². The predicted octanol–water partition coefficient (Wildman–Crippen LogP) is 1.97. The summed E-state index contributed by atoms with van der Waals surface area (Å²) in [5, 5.41) is 10.4. The molecule has 0 unspecified atom stereocenters. The van der Waals surface area contributed by atoms with Crippen LogP contribution in [0.5, 0.6) is 0 Å². The first kappa shape index (κ1) is 12.5. The van der Waals surface area contributed by atoms with Gasteiger partial charge in [0.2, 0.25) is 0 Å². The molecule has 20 heavy (non-hydrogen) atoms. The summed E-state index contributed by atoms with van der Waals surface area (Å²) in [6.07, 6.45) is 2.58. The first-order chi connectivity index (χ1) is 9.72. The van der Waals surface area contributed by atoms with Gasteiger partial charge in [-0.25, -0.2) is 0 Å². The number of carbonyl (C=O) groups excluding carboxylic acids is 1. The van der Waals surface area contributed by atoms with Gasteiger partial charge in [0.15, 0.2) is 0 Å². The molecular formula is C17H14NO2-. The molecule has 100 valence electrons. The highest BCUT2D eigenvalue weighted by atomic mass is 16.4. The summed E-state index contributed by atoms with van der Waals surface area (Å²) in [4.78, 5) is 12.7. The quantitative estimate of drug-likeness (QED) is 0.796. The third-order valence-electron chi connectivity index (χ3n) is 3.51. The van der Waals surface area contributed by atoms with Crippen molar-refractivity contribution in [2.75, 3.05) is 4.90 Å². The monoisotopic (exact) mass is 264 g/mol. The lowest BCUT2D eigenvalue weighted by Crippen LogP contribution is -2.18. The number of hydrogen-bond donors (Lipinski definition) is 0. The van der Waals surface area contributed by atoms with Crippen molar-refractivity contribution >= 4 is 17.7 Å². The van der Waals surface area contributed by atoms with Crippen molar-refractivity contribution in [1.29, 1.82) is 0 Å². The van der Waals surface area contributed by atoms with Gasteiger partial charge in [0.25, 0.3) is 0 Å². The lowest BCUT2D eigenvalue weighted by atomic mass is 10.1. The van der Waals surface area contributed by atoms with E-state index in [0.29, 0.717) is 0 Å². The molecule has 0 saturated heterocycles. The van der Waals surface area contributed by atoms with Gasteiger partial charge in [-0.3, -0.25) is 0 Å². The van der Waals surface area contributed by atoms with E-state index >= 15 is 0 Å². The molecule has 0 N–H and O–H groups in total. The van der Waals surface area contributed by atoms with Gasteiger partial charge in [-0.15, -0.1) is 0 Å². The Labute approximate surface area is 117 Å². The molecule has 1 aliphatic rings. The van der Waals surface area contributed by atoms with E-state index in [0.717, 1.165) is 30.4 Å². The normalized spacial score (nSPS) is 13.7. The summed E-state index contributed by atoms with van der Waals surface area (Å²) in [6.45, 7) is 1.84. The second kappa shape index (κ2) is 5.21. The van der Waals surface area contributed by atoms with E-state index in [1.165, 1.54) is 17.2 Å². The van der Waals surface area contributed by atoms with E-state index in [2.05, 4.69) is 29.2 Å². The number of fused-ring (bicyclic) bond motifs is 1. The molecule has 0 aromatic heterocycles. The second-order valence-electron chi connectivity index (χ2n) is 4.87. The molecule has 0 spiro atoms. The Kier molecular flexibility index (Phi) is 3.25. The van der Waals surface area contributed by atoms with Crippen molar-refractivity contribution in [3.05, 3.63) is 71.3 Å². The van der Waals surface area contributed by atoms with Crippen molar-refractivity contribution in [2.24, 2.45) is 0 Å². The average Bonchev–Trinajstić information content (AvgIpc) is 2.89. The van der Waals surface area contributed by atoms with E-state index in [9.17, 15) is 9.90 Å². The smallest absolute Gasteiger partial charge is 0.0643 e. The number of carbonyl (C=O) groups is 1. The van der Waals surface area contributed by atoms with Crippen LogP contribution in [-0.2, 0) is 17.9 Å². The minimum atomic E-state index is -1.18. The highest BCUT2D eigenvalue weighted by Crippen LogP contribution is 2.28.